The van der Waals surface area contributed by atoms with E-state index in [0.29, 0.717) is 29.5 Å². The number of nitrogens with one attached hydrogen (secondary N) is 1. The van der Waals surface area contributed by atoms with E-state index >= 15 is 0 Å². The minimum absolute atomic E-state index is 0.191. The Morgan fingerprint density at radius 1 is 1.17 bits per heavy atom. The third-order valence-corrected chi connectivity index (χ3v) is 4.80. The van der Waals surface area contributed by atoms with Crippen LogP contribution in [0.2, 0.25) is 0 Å². The van der Waals surface area contributed by atoms with Crippen molar-refractivity contribution >= 4 is 17.7 Å². The van der Waals surface area contributed by atoms with Gasteiger partial charge in [0.25, 0.3) is 0 Å². The lowest BCUT2D eigenvalue weighted by molar-refractivity contribution is -0.138. The predicted octanol–water partition coefficient (Wildman–Crippen LogP) is 3.59. The molecule has 0 aromatic heterocycles. The first-order chi connectivity index (χ1) is 13.8. The van der Waals surface area contributed by atoms with Gasteiger partial charge in [-0.2, -0.15) is 0 Å². The lowest BCUT2D eigenvalue weighted by Gasteiger charge is -2.37. The molecule has 7 nitrogen and oxygen atoms in total. The Kier molecular flexibility index (Phi) is 5.86. The Balaban J connectivity index is 1.94. The summed E-state index contributed by atoms with van der Waals surface area (Å²) in [6.07, 6.45) is 0.104. The molecule has 0 aliphatic carbocycles. The first-order valence-corrected chi connectivity index (χ1v) is 8.83. The summed E-state index contributed by atoms with van der Waals surface area (Å²) in [5.74, 6) is -1.86. The molecule has 2 aromatic rings. The Morgan fingerprint density at radius 3 is 2.48 bits per heavy atom. The third-order valence-electron chi connectivity index (χ3n) is 4.80. The van der Waals surface area contributed by atoms with Crippen molar-refractivity contribution < 1.29 is 33.0 Å². The number of nitrogens with zero attached hydrogens (tertiary/aromatic N) is 1. The Morgan fingerprint density at radius 2 is 1.86 bits per heavy atom. The number of carboxylic acid groups (broad SMARTS) is 1. The highest BCUT2D eigenvalue weighted by molar-refractivity contribution is 5.90. The molecule has 154 valence electrons. The molecule has 3 rings (SSSR count). The number of anilines is 1. The van der Waals surface area contributed by atoms with Crippen molar-refractivity contribution in [1.82, 2.24) is 4.90 Å². The highest BCUT2D eigenvalue weighted by Crippen LogP contribution is 2.39. The maximum Gasteiger partial charge on any atom is 0.322 e. The highest BCUT2D eigenvalue weighted by atomic mass is 19.1. The molecule has 1 unspecified atom stereocenters. The number of hydrogen-bond acceptors (Lipinski definition) is 4. The van der Waals surface area contributed by atoms with Crippen molar-refractivity contribution in [1.29, 1.82) is 0 Å². The summed E-state index contributed by atoms with van der Waals surface area (Å²) in [6.45, 7) is 0.217. The molecular formula is C20H20F2N2O5. The summed E-state index contributed by atoms with van der Waals surface area (Å²) in [5.41, 5.74) is 1.26. The second-order valence-electron chi connectivity index (χ2n) is 6.52. The molecular weight excluding hydrogens is 386 g/mol. The monoisotopic (exact) mass is 406 g/mol. The van der Waals surface area contributed by atoms with Gasteiger partial charge in [0.1, 0.15) is 11.6 Å². The summed E-state index contributed by atoms with van der Waals surface area (Å²) >= 11 is 0. The van der Waals surface area contributed by atoms with Gasteiger partial charge in [-0.15, -0.1) is 0 Å². The molecule has 2 aromatic carbocycles. The summed E-state index contributed by atoms with van der Waals surface area (Å²) in [5, 5.41) is 11.8. The zero-order valence-corrected chi connectivity index (χ0v) is 15.9. The van der Waals surface area contributed by atoms with Crippen LogP contribution in [-0.2, 0) is 11.2 Å². The molecule has 2 N–H and O–H groups in total. The number of ether oxygens (including phenoxy) is 2. The average molecular weight is 406 g/mol. The molecule has 0 bridgehead atoms. The van der Waals surface area contributed by atoms with E-state index in [0.717, 1.165) is 17.7 Å². The fraction of sp³-hybridized carbons (Fsp3) is 0.300. The number of hydrogen-bond donors (Lipinski definition) is 2. The number of carboxylic acids is 1. The van der Waals surface area contributed by atoms with Gasteiger partial charge in [-0.1, -0.05) is 0 Å². The number of amides is 2. The molecule has 1 heterocycles. The smallest absolute Gasteiger partial charge is 0.322 e. The molecule has 9 heteroatoms. The van der Waals surface area contributed by atoms with Gasteiger partial charge in [-0.25, -0.2) is 13.6 Å². The maximum absolute atomic E-state index is 13.9. The van der Waals surface area contributed by atoms with Crippen LogP contribution < -0.4 is 14.8 Å². The number of benzene rings is 2. The fourth-order valence-electron chi connectivity index (χ4n) is 3.43. The fourth-order valence-corrected chi connectivity index (χ4v) is 3.43. The zero-order valence-electron chi connectivity index (χ0n) is 15.9. The van der Waals surface area contributed by atoms with Crippen LogP contribution >= 0.6 is 0 Å². The number of aliphatic carboxylic acids is 1. The second kappa shape index (κ2) is 8.34. The van der Waals surface area contributed by atoms with Gasteiger partial charge in [-0.05, 0) is 41.8 Å². The number of carbonyl (C=O) groups is 2. The quantitative estimate of drug-likeness (QED) is 0.792. The molecule has 1 aliphatic rings. The van der Waals surface area contributed by atoms with Gasteiger partial charge in [0.05, 0.1) is 32.4 Å². The van der Waals surface area contributed by atoms with E-state index in [2.05, 4.69) is 5.32 Å². The molecule has 0 spiro atoms. The average Bonchev–Trinajstić information content (AvgIpc) is 2.68. The lowest BCUT2D eigenvalue weighted by atomic mass is 9.90. The van der Waals surface area contributed by atoms with Crippen molar-refractivity contribution in [3.8, 4) is 11.5 Å². The van der Waals surface area contributed by atoms with Crippen LogP contribution in [0, 0.1) is 11.6 Å². The normalized spacial score (nSPS) is 15.4. The van der Waals surface area contributed by atoms with Crippen LogP contribution in [0.4, 0.5) is 19.3 Å². The number of fused-ring (bicyclic) bond motifs is 1. The Bertz CT molecular complexity index is 951. The number of carbonyl (C=O) groups excluding carboxylic acids is 1. The van der Waals surface area contributed by atoms with E-state index in [-0.39, 0.29) is 18.7 Å². The number of urea groups is 1. The van der Waals surface area contributed by atoms with Gasteiger partial charge >= 0.3 is 12.0 Å². The van der Waals surface area contributed by atoms with Crippen LogP contribution in [-0.4, -0.2) is 42.8 Å². The molecule has 0 fully saturated rings. The number of methoxy groups -OCH3 is 2. The van der Waals surface area contributed by atoms with Crippen molar-refractivity contribution in [2.75, 3.05) is 26.1 Å². The topological polar surface area (TPSA) is 88.1 Å². The van der Waals surface area contributed by atoms with Crippen molar-refractivity contribution in [3.05, 3.63) is 53.1 Å². The van der Waals surface area contributed by atoms with E-state index in [1.165, 1.54) is 19.1 Å². The molecule has 1 aliphatic heterocycles. The number of rotatable bonds is 5. The molecule has 1 atom stereocenters. The first kappa shape index (κ1) is 20.4. The van der Waals surface area contributed by atoms with E-state index in [4.69, 9.17) is 9.47 Å². The van der Waals surface area contributed by atoms with Gasteiger partial charge in [0, 0.05) is 12.6 Å². The largest absolute Gasteiger partial charge is 0.493 e. The Labute approximate surface area is 165 Å². The first-order valence-electron chi connectivity index (χ1n) is 8.83. The summed E-state index contributed by atoms with van der Waals surface area (Å²) in [6, 6.07) is 4.74. The SMILES string of the molecule is COc1cc2c(cc1OC)C(CC(=O)O)N(C(=O)Nc1ccc(F)cc1F)CC2. The second-order valence-corrected chi connectivity index (χ2v) is 6.52. The standard InChI is InChI=1S/C20H20F2N2O5/c1-28-17-7-11-5-6-24(16(10-19(25)26)13(11)9-18(17)29-2)20(27)23-15-4-3-12(21)8-14(15)22/h3-4,7-9,16H,5-6,10H2,1-2H3,(H,23,27)(H,25,26). The van der Waals surface area contributed by atoms with Crippen LogP contribution in [0.1, 0.15) is 23.6 Å². The van der Waals surface area contributed by atoms with Gasteiger partial charge < -0.3 is 24.8 Å². The highest BCUT2D eigenvalue weighted by Gasteiger charge is 2.34. The van der Waals surface area contributed by atoms with Crippen molar-refractivity contribution in [3.63, 3.8) is 0 Å². The zero-order chi connectivity index (χ0) is 21.1. The lowest BCUT2D eigenvalue weighted by Crippen LogP contribution is -2.43. The van der Waals surface area contributed by atoms with Gasteiger partial charge in [-0.3, -0.25) is 4.79 Å². The van der Waals surface area contributed by atoms with Crippen molar-refractivity contribution in [2.45, 2.75) is 18.9 Å². The van der Waals surface area contributed by atoms with E-state index in [1.54, 1.807) is 12.1 Å². The van der Waals surface area contributed by atoms with E-state index < -0.39 is 29.7 Å². The molecule has 29 heavy (non-hydrogen) atoms. The van der Waals surface area contributed by atoms with Gasteiger partial charge in [0.2, 0.25) is 0 Å². The molecule has 0 saturated heterocycles. The summed E-state index contributed by atoms with van der Waals surface area (Å²) in [7, 11) is 2.96. The van der Waals surface area contributed by atoms with Crippen LogP contribution in [0.3, 0.4) is 0 Å². The predicted molar refractivity (Wildman–Crippen MR) is 100 cm³/mol. The summed E-state index contributed by atoms with van der Waals surface area (Å²) < 4.78 is 37.6. The molecule has 0 radical (unpaired) electrons. The minimum atomic E-state index is -1.09. The van der Waals surface area contributed by atoms with Crippen molar-refractivity contribution in [2.24, 2.45) is 0 Å². The van der Waals surface area contributed by atoms with Gasteiger partial charge in [0.15, 0.2) is 11.5 Å². The van der Waals surface area contributed by atoms with E-state index in [9.17, 15) is 23.5 Å². The Hall–Kier alpha value is -3.36. The maximum atomic E-state index is 13.9. The van der Waals surface area contributed by atoms with Crippen LogP contribution in [0.5, 0.6) is 11.5 Å². The van der Waals surface area contributed by atoms with Crippen LogP contribution in [0.25, 0.3) is 0 Å². The van der Waals surface area contributed by atoms with E-state index in [1.807, 2.05) is 0 Å². The van der Waals surface area contributed by atoms with Crippen LogP contribution in [0.15, 0.2) is 30.3 Å². The third kappa shape index (κ3) is 4.23. The summed E-state index contributed by atoms with van der Waals surface area (Å²) in [4.78, 5) is 25.6. The minimum Gasteiger partial charge on any atom is -0.493 e. The molecule has 0 saturated carbocycles. The number of halogens is 2. The molecule has 2 amide bonds.